The van der Waals surface area contributed by atoms with Crippen molar-refractivity contribution in [2.24, 2.45) is 5.92 Å². The van der Waals surface area contributed by atoms with E-state index >= 15 is 0 Å². The second kappa shape index (κ2) is 10.1. The minimum atomic E-state index is -0.318. The number of amides is 1. The Balaban J connectivity index is 1.65. The molecule has 0 spiro atoms. The zero-order chi connectivity index (χ0) is 16.5. The summed E-state index contributed by atoms with van der Waals surface area (Å²) in [4.78, 5) is 14.3. The van der Waals surface area contributed by atoms with Crippen LogP contribution in [-0.4, -0.2) is 69.2 Å². The summed E-state index contributed by atoms with van der Waals surface area (Å²) in [7, 11) is 0. The lowest BCUT2D eigenvalue weighted by molar-refractivity contribution is 0.0343. The van der Waals surface area contributed by atoms with Crippen LogP contribution in [0.1, 0.15) is 39.5 Å². The van der Waals surface area contributed by atoms with Crippen LogP contribution in [0.4, 0.5) is 4.79 Å². The number of piperidine rings is 1. The smallest absolute Gasteiger partial charge is 0.407 e. The molecule has 134 valence electrons. The highest BCUT2D eigenvalue weighted by molar-refractivity contribution is 5.67. The average Bonchev–Trinajstić information content (AvgIpc) is 3.03. The van der Waals surface area contributed by atoms with E-state index in [4.69, 9.17) is 14.2 Å². The first-order valence-electron chi connectivity index (χ1n) is 8.98. The van der Waals surface area contributed by atoms with Crippen molar-refractivity contribution in [2.75, 3.05) is 46.1 Å². The van der Waals surface area contributed by atoms with E-state index in [1.165, 1.54) is 12.8 Å². The van der Waals surface area contributed by atoms with E-state index < -0.39 is 0 Å². The Morgan fingerprint density at radius 1 is 1.35 bits per heavy atom. The summed E-state index contributed by atoms with van der Waals surface area (Å²) in [6.45, 7) is 9.63. The first kappa shape index (κ1) is 18.5. The molecule has 2 aliphatic heterocycles. The van der Waals surface area contributed by atoms with Crippen molar-refractivity contribution in [3.63, 3.8) is 0 Å². The molecule has 6 heteroatoms. The molecule has 2 unspecified atom stereocenters. The van der Waals surface area contributed by atoms with Gasteiger partial charge in [-0.2, -0.15) is 0 Å². The van der Waals surface area contributed by atoms with Crippen molar-refractivity contribution in [1.29, 1.82) is 0 Å². The quantitative estimate of drug-likeness (QED) is 0.691. The van der Waals surface area contributed by atoms with Gasteiger partial charge in [0, 0.05) is 25.8 Å². The summed E-state index contributed by atoms with van der Waals surface area (Å²) in [6.07, 6.45) is 4.06. The molecule has 6 nitrogen and oxygen atoms in total. The summed E-state index contributed by atoms with van der Waals surface area (Å²) < 4.78 is 16.4. The Hall–Kier alpha value is -0.850. The lowest BCUT2D eigenvalue weighted by Crippen LogP contribution is -2.45. The highest BCUT2D eigenvalue weighted by Crippen LogP contribution is 2.17. The van der Waals surface area contributed by atoms with E-state index in [-0.39, 0.29) is 12.1 Å². The summed E-state index contributed by atoms with van der Waals surface area (Å²) in [5.41, 5.74) is 0. The number of nitrogens with zero attached hydrogens (tertiary/aromatic N) is 1. The van der Waals surface area contributed by atoms with Crippen molar-refractivity contribution in [3.05, 3.63) is 0 Å². The normalized spacial score (nSPS) is 25.7. The number of hydrogen-bond donors (Lipinski definition) is 1. The number of alkyl carbamates (subject to hydrolysis) is 1. The maximum absolute atomic E-state index is 11.9. The van der Waals surface area contributed by atoms with Crippen LogP contribution in [0, 0.1) is 5.92 Å². The fourth-order valence-electron chi connectivity index (χ4n) is 3.07. The maximum atomic E-state index is 11.9. The van der Waals surface area contributed by atoms with E-state index in [0.29, 0.717) is 25.2 Å². The van der Waals surface area contributed by atoms with Crippen LogP contribution in [0.15, 0.2) is 0 Å². The first-order chi connectivity index (χ1) is 11.1. The largest absolute Gasteiger partial charge is 0.448 e. The van der Waals surface area contributed by atoms with Crippen LogP contribution in [0.5, 0.6) is 0 Å². The molecule has 0 radical (unpaired) electrons. The SMILES string of the molecule is CC(C)COCCN1CCCCC1COC(=O)NC1CCOC1. The number of likely N-dealkylation sites (tertiary alicyclic amines) is 1. The second-order valence-electron chi connectivity index (χ2n) is 6.96. The summed E-state index contributed by atoms with van der Waals surface area (Å²) in [5, 5.41) is 2.87. The van der Waals surface area contributed by atoms with E-state index in [1.807, 2.05) is 0 Å². The third-order valence-electron chi connectivity index (χ3n) is 4.38. The van der Waals surface area contributed by atoms with Crippen molar-refractivity contribution >= 4 is 6.09 Å². The molecular weight excluding hydrogens is 296 g/mol. The minimum Gasteiger partial charge on any atom is -0.448 e. The minimum absolute atomic E-state index is 0.106. The second-order valence-corrected chi connectivity index (χ2v) is 6.96. The Labute approximate surface area is 139 Å². The number of carbonyl (C=O) groups excluding carboxylic acids is 1. The number of nitrogens with one attached hydrogen (secondary N) is 1. The molecule has 1 amide bonds. The molecule has 2 heterocycles. The van der Waals surface area contributed by atoms with Gasteiger partial charge in [-0.25, -0.2) is 4.79 Å². The molecule has 2 atom stereocenters. The molecule has 0 aromatic carbocycles. The topological polar surface area (TPSA) is 60.0 Å². The zero-order valence-electron chi connectivity index (χ0n) is 14.6. The van der Waals surface area contributed by atoms with Crippen molar-refractivity contribution in [2.45, 2.75) is 51.6 Å². The van der Waals surface area contributed by atoms with Crippen molar-refractivity contribution in [1.82, 2.24) is 10.2 Å². The Morgan fingerprint density at radius 3 is 2.96 bits per heavy atom. The Bertz CT molecular complexity index is 345. The van der Waals surface area contributed by atoms with Gasteiger partial charge in [-0.1, -0.05) is 20.3 Å². The summed E-state index contributed by atoms with van der Waals surface area (Å²) in [5.74, 6) is 0.568. The molecule has 0 aliphatic carbocycles. The monoisotopic (exact) mass is 328 g/mol. The Kier molecular flexibility index (Phi) is 8.12. The molecule has 2 saturated heterocycles. The molecule has 23 heavy (non-hydrogen) atoms. The fourth-order valence-corrected chi connectivity index (χ4v) is 3.07. The molecule has 1 N–H and O–H groups in total. The van der Waals surface area contributed by atoms with Gasteiger partial charge >= 0.3 is 6.09 Å². The molecule has 0 aromatic rings. The number of hydrogen-bond acceptors (Lipinski definition) is 5. The molecular formula is C17H32N2O4. The summed E-state index contributed by atoms with van der Waals surface area (Å²) >= 11 is 0. The van der Waals surface area contributed by atoms with E-state index in [2.05, 4.69) is 24.1 Å². The van der Waals surface area contributed by atoms with Crippen molar-refractivity contribution < 1.29 is 19.0 Å². The number of rotatable bonds is 8. The van der Waals surface area contributed by atoms with Crippen LogP contribution in [0.2, 0.25) is 0 Å². The van der Waals surface area contributed by atoms with E-state index in [1.54, 1.807) is 0 Å². The maximum Gasteiger partial charge on any atom is 0.407 e. The third kappa shape index (κ3) is 7.06. The van der Waals surface area contributed by atoms with Gasteiger partial charge < -0.3 is 19.5 Å². The molecule has 2 fully saturated rings. The van der Waals surface area contributed by atoms with Crippen LogP contribution in [0.3, 0.4) is 0 Å². The lowest BCUT2D eigenvalue weighted by atomic mass is 10.0. The van der Waals surface area contributed by atoms with Crippen LogP contribution in [-0.2, 0) is 14.2 Å². The van der Waals surface area contributed by atoms with Crippen LogP contribution < -0.4 is 5.32 Å². The van der Waals surface area contributed by atoms with Crippen molar-refractivity contribution in [3.8, 4) is 0 Å². The lowest BCUT2D eigenvalue weighted by Gasteiger charge is -2.35. The van der Waals surface area contributed by atoms with Gasteiger partial charge in [-0.05, 0) is 31.7 Å². The van der Waals surface area contributed by atoms with Gasteiger partial charge in [-0.15, -0.1) is 0 Å². The highest BCUT2D eigenvalue weighted by Gasteiger charge is 2.24. The van der Waals surface area contributed by atoms with Gasteiger partial charge in [0.25, 0.3) is 0 Å². The molecule has 0 bridgehead atoms. The van der Waals surface area contributed by atoms with E-state index in [9.17, 15) is 4.79 Å². The molecule has 0 aromatic heterocycles. The fraction of sp³-hybridized carbons (Fsp3) is 0.941. The van der Waals surface area contributed by atoms with Crippen LogP contribution >= 0.6 is 0 Å². The van der Waals surface area contributed by atoms with Gasteiger partial charge in [0.05, 0.1) is 19.3 Å². The number of carbonyl (C=O) groups is 1. The molecule has 0 saturated carbocycles. The molecule has 2 aliphatic rings. The summed E-state index contributed by atoms with van der Waals surface area (Å²) in [6, 6.07) is 0.423. The zero-order valence-corrected chi connectivity index (χ0v) is 14.6. The standard InChI is InChI=1S/C17H32N2O4/c1-14(2)11-22-10-8-19-7-4-3-5-16(19)13-23-17(20)18-15-6-9-21-12-15/h14-16H,3-13H2,1-2H3,(H,18,20). The molecule has 2 rings (SSSR count). The van der Waals surface area contributed by atoms with Gasteiger partial charge in [0.15, 0.2) is 0 Å². The third-order valence-corrected chi connectivity index (χ3v) is 4.38. The predicted molar refractivity (Wildman–Crippen MR) is 88.6 cm³/mol. The van der Waals surface area contributed by atoms with Gasteiger partial charge in [0.1, 0.15) is 6.61 Å². The Morgan fingerprint density at radius 2 is 2.22 bits per heavy atom. The van der Waals surface area contributed by atoms with Gasteiger partial charge in [-0.3, -0.25) is 4.90 Å². The highest BCUT2D eigenvalue weighted by atomic mass is 16.6. The first-order valence-corrected chi connectivity index (χ1v) is 8.98. The van der Waals surface area contributed by atoms with E-state index in [0.717, 1.165) is 45.8 Å². The average molecular weight is 328 g/mol. The number of ether oxygens (including phenoxy) is 3. The van der Waals surface area contributed by atoms with Crippen LogP contribution in [0.25, 0.3) is 0 Å². The predicted octanol–water partition coefficient (Wildman–Crippen LogP) is 2.03. The van der Waals surface area contributed by atoms with Gasteiger partial charge in [0.2, 0.25) is 0 Å².